The van der Waals surface area contributed by atoms with Gasteiger partial charge in [0, 0.05) is 37.0 Å². The molecule has 0 saturated heterocycles. The van der Waals surface area contributed by atoms with Crippen LogP contribution in [-0.2, 0) is 4.74 Å². The van der Waals surface area contributed by atoms with Crippen LogP contribution in [0.1, 0.15) is 0 Å². The third-order valence-electron chi connectivity index (χ3n) is 2.65. The molecule has 102 valence electrons. The fourth-order valence-electron chi connectivity index (χ4n) is 1.81. The summed E-state index contributed by atoms with van der Waals surface area (Å²) in [6, 6.07) is 3.59. The maximum absolute atomic E-state index is 13.5. The number of nitrogens with zero attached hydrogens (tertiary/aromatic N) is 1. The Kier molecular flexibility index (Phi) is 4.24. The van der Waals surface area contributed by atoms with Gasteiger partial charge in [-0.3, -0.25) is 4.98 Å². The summed E-state index contributed by atoms with van der Waals surface area (Å²) >= 11 is 0. The minimum atomic E-state index is -0.712. The van der Waals surface area contributed by atoms with Gasteiger partial charge >= 0.3 is 0 Å². The number of halogens is 2. The van der Waals surface area contributed by atoms with Crippen molar-refractivity contribution in [1.82, 2.24) is 4.98 Å². The highest BCUT2D eigenvalue weighted by molar-refractivity contribution is 5.91. The van der Waals surface area contributed by atoms with Gasteiger partial charge in [-0.25, -0.2) is 8.78 Å². The van der Waals surface area contributed by atoms with E-state index in [4.69, 9.17) is 4.74 Å². The van der Waals surface area contributed by atoms with Gasteiger partial charge in [-0.2, -0.15) is 0 Å². The second-order valence-electron chi connectivity index (χ2n) is 4.13. The molecule has 0 unspecified atom stereocenters. The van der Waals surface area contributed by atoms with Crippen LogP contribution in [0.5, 0.6) is 0 Å². The molecule has 1 atom stereocenters. The summed E-state index contributed by atoms with van der Waals surface area (Å²) in [7, 11) is 1.48. The third-order valence-corrected chi connectivity index (χ3v) is 2.65. The SMILES string of the molecule is COC[C@@H](O)CNc1ccnc2c(F)cc(F)cc12. The number of rotatable bonds is 5. The van der Waals surface area contributed by atoms with Crippen molar-refractivity contribution in [2.24, 2.45) is 0 Å². The lowest BCUT2D eigenvalue weighted by molar-refractivity contribution is 0.0728. The van der Waals surface area contributed by atoms with Crippen LogP contribution in [-0.4, -0.2) is 36.5 Å². The number of pyridine rings is 1. The molecule has 0 aliphatic heterocycles. The van der Waals surface area contributed by atoms with Crippen molar-refractivity contribution in [3.05, 3.63) is 36.0 Å². The highest BCUT2D eigenvalue weighted by atomic mass is 19.1. The molecule has 0 saturated carbocycles. The minimum absolute atomic E-state index is 0.0904. The molecule has 2 rings (SSSR count). The maximum atomic E-state index is 13.5. The van der Waals surface area contributed by atoms with Crippen molar-refractivity contribution in [2.45, 2.75) is 6.10 Å². The molecule has 0 radical (unpaired) electrons. The molecule has 0 bridgehead atoms. The number of hydrogen-bond acceptors (Lipinski definition) is 4. The number of methoxy groups -OCH3 is 1. The Hall–Kier alpha value is -1.79. The first kappa shape index (κ1) is 13.6. The molecule has 0 amide bonds. The van der Waals surface area contributed by atoms with Crippen molar-refractivity contribution >= 4 is 16.6 Å². The lowest BCUT2D eigenvalue weighted by Gasteiger charge is -2.13. The fourth-order valence-corrected chi connectivity index (χ4v) is 1.81. The first-order valence-electron chi connectivity index (χ1n) is 5.76. The lowest BCUT2D eigenvalue weighted by atomic mass is 10.1. The quantitative estimate of drug-likeness (QED) is 0.870. The number of aromatic nitrogens is 1. The van der Waals surface area contributed by atoms with E-state index in [0.29, 0.717) is 11.1 Å². The lowest BCUT2D eigenvalue weighted by Crippen LogP contribution is -2.24. The Morgan fingerprint density at radius 3 is 2.95 bits per heavy atom. The van der Waals surface area contributed by atoms with Crippen molar-refractivity contribution in [1.29, 1.82) is 0 Å². The van der Waals surface area contributed by atoms with E-state index >= 15 is 0 Å². The van der Waals surface area contributed by atoms with Crippen LogP contribution >= 0.6 is 0 Å². The van der Waals surface area contributed by atoms with Gasteiger partial charge in [-0.15, -0.1) is 0 Å². The molecule has 0 spiro atoms. The topological polar surface area (TPSA) is 54.4 Å². The number of aliphatic hydroxyl groups is 1. The van der Waals surface area contributed by atoms with E-state index in [9.17, 15) is 13.9 Å². The molecular weight excluding hydrogens is 254 g/mol. The van der Waals surface area contributed by atoms with Crippen LogP contribution in [0.15, 0.2) is 24.4 Å². The minimum Gasteiger partial charge on any atom is -0.389 e. The van der Waals surface area contributed by atoms with Gasteiger partial charge in [-0.1, -0.05) is 0 Å². The van der Waals surface area contributed by atoms with Gasteiger partial charge in [0.1, 0.15) is 11.3 Å². The Balaban J connectivity index is 2.28. The number of nitrogens with one attached hydrogen (secondary N) is 1. The van der Waals surface area contributed by atoms with Gasteiger partial charge in [0.05, 0.1) is 12.7 Å². The molecule has 19 heavy (non-hydrogen) atoms. The van der Waals surface area contributed by atoms with Gasteiger partial charge in [0.2, 0.25) is 0 Å². The highest BCUT2D eigenvalue weighted by Crippen LogP contribution is 2.24. The van der Waals surface area contributed by atoms with E-state index in [1.54, 1.807) is 6.07 Å². The molecule has 0 aliphatic rings. The van der Waals surface area contributed by atoms with E-state index in [2.05, 4.69) is 10.3 Å². The number of fused-ring (bicyclic) bond motifs is 1. The van der Waals surface area contributed by atoms with Crippen LogP contribution in [0, 0.1) is 11.6 Å². The first-order valence-corrected chi connectivity index (χ1v) is 5.76. The zero-order chi connectivity index (χ0) is 13.8. The molecule has 1 aromatic heterocycles. The summed E-state index contributed by atoms with van der Waals surface area (Å²) in [6.07, 6.45) is 0.723. The number of hydrogen-bond donors (Lipinski definition) is 2. The Bertz CT molecular complexity index is 578. The predicted octanol–water partition coefficient (Wildman–Crippen LogP) is 1.93. The Morgan fingerprint density at radius 1 is 1.42 bits per heavy atom. The maximum Gasteiger partial charge on any atom is 0.152 e. The van der Waals surface area contributed by atoms with Crippen LogP contribution in [0.3, 0.4) is 0 Å². The fraction of sp³-hybridized carbons (Fsp3) is 0.308. The van der Waals surface area contributed by atoms with Crippen molar-refractivity contribution in [3.8, 4) is 0 Å². The van der Waals surface area contributed by atoms with Crippen molar-refractivity contribution in [2.75, 3.05) is 25.6 Å². The molecule has 1 heterocycles. The van der Waals surface area contributed by atoms with E-state index in [1.165, 1.54) is 19.4 Å². The van der Waals surface area contributed by atoms with Gasteiger partial charge in [0.15, 0.2) is 5.82 Å². The van der Waals surface area contributed by atoms with E-state index in [0.717, 1.165) is 6.07 Å². The van der Waals surface area contributed by atoms with Gasteiger partial charge < -0.3 is 15.2 Å². The molecule has 0 fully saturated rings. The van der Waals surface area contributed by atoms with Crippen LogP contribution in [0.25, 0.3) is 10.9 Å². The number of benzene rings is 1. The molecule has 2 N–H and O–H groups in total. The number of anilines is 1. The average molecular weight is 268 g/mol. The first-order chi connectivity index (χ1) is 9.11. The van der Waals surface area contributed by atoms with Crippen LogP contribution in [0.4, 0.5) is 14.5 Å². The summed E-state index contributed by atoms with van der Waals surface area (Å²) < 4.78 is 31.6. The van der Waals surface area contributed by atoms with Crippen molar-refractivity contribution in [3.63, 3.8) is 0 Å². The Morgan fingerprint density at radius 2 is 2.21 bits per heavy atom. The smallest absolute Gasteiger partial charge is 0.152 e. The van der Waals surface area contributed by atoms with Gasteiger partial charge in [0.25, 0.3) is 0 Å². The third kappa shape index (κ3) is 3.15. The van der Waals surface area contributed by atoms with E-state index in [1.807, 2.05) is 0 Å². The highest BCUT2D eigenvalue weighted by Gasteiger charge is 2.10. The number of ether oxygens (including phenoxy) is 1. The summed E-state index contributed by atoms with van der Waals surface area (Å²) in [5, 5.41) is 12.8. The average Bonchev–Trinajstić information content (AvgIpc) is 2.36. The van der Waals surface area contributed by atoms with Crippen molar-refractivity contribution < 1.29 is 18.6 Å². The normalized spacial score (nSPS) is 12.6. The zero-order valence-electron chi connectivity index (χ0n) is 10.4. The van der Waals surface area contributed by atoms with E-state index < -0.39 is 17.7 Å². The summed E-state index contributed by atoms with van der Waals surface area (Å²) in [4.78, 5) is 3.88. The Labute approximate surface area is 109 Å². The second-order valence-corrected chi connectivity index (χ2v) is 4.13. The molecule has 6 heteroatoms. The molecule has 4 nitrogen and oxygen atoms in total. The number of aliphatic hydroxyl groups excluding tert-OH is 1. The standard InChI is InChI=1S/C13H14F2N2O2/c1-19-7-9(18)6-17-12-2-3-16-13-10(12)4-8(14)5-11(13)15/h2-5,9,18H,6-7H2,1H3,(H,16,17)/t9-/m0/s1. The largest absolute Gasteiger partial charge is 0.389 e. The predicted molar refractivity (Wildman–Crippen MR) is 68.0 cm³/mol. The summed E-state index contributed by atoms with van der Waals surface area (Å²) in [5.74, 6) is -1.38. The van der Waals surface area contributed by atoms with E-state index in [-0.39, 0.29) is 18.7 Å². The molecule has 0 aliphatic carbocycles. The van der Waals surface area contributed by atoms with Gasteiger partial charge in [-0.05, 0) is 12.1 Å². The molecule has 1 aromatic carbocycles. The summed E-state index contributed by atoms with van der Waals surface area (Å²) in [5.41, 5.74) is 0.603. The molecule has 2 aromatic rings. The zero-order valence-corrected chi connectivity index (χ0v) is 10.4. The second kappa shape index (κ2) is 5.90. The monoisotopic (exact) mass is 268 g/mol. The summed E-state index contributed by atoms with van der Waals surface area (Å²) in [6.45, 7) is 0.393. The molecular formula is C13H14F2N2O2. The van der Waals surface area contributed by atoms with Crippen LogP contribution < -0.4 is 5.32 Å². The van der Waals surface area contributed by atoms with Crippen LogP contribution in [0.2, 0.25) is 0 Å².